The third kappa shape index (κ3) is 3.25. The second kappa shape index (κ2) is 6.45. The molecule has 128 valence electrons. The summed E-state index contributed by atoms with van der Waals surface area (Å²) in [5, 5.41) is 12.3. The van der Waals surface area contributed by atoms with E-state index in [0.717, 1.165) is 18.7 Å². The van der Waals surface area contributed by atoms with Gasteiger partial charge >= 0.3 is 0 Å². The SMILES string of the molecule is COc1cccc([C@H]2[C@@H](NC(=O)C(C)(C)C#N)CCN2C2CC2)c1. The van der Waals surface area contributed by atoms with Crippen molar-refractivity contribution < 1.29 is 9.53 Å². The van der Waals surface area contributed by atoms with Gasteiger partial charge in [0.05, 0.1) is 19.2 Å². The molecule has 0 aromatic heterocycles. The minimum absolute atomic E-state index is 0.0258. The summed E-state index contributed by atoms with van der Waals surface area (Å²) in [7, 11) is 1.67. The van der Waals surface area contributed by atoms with E-state index in [2.05, 4.69) is 28.4 Å². The molecule has 1 amide bonds. The fraction of sp³-hybridized carbons (Fsp3) is 0.579. The second-order valence-corrected chi connectivity index (χ2v) is 7.30. The van der Waals surface area contributed by atoms with Crippen LogP contribution in [0.3, 0.4) is 0 Å². The van der Waals surface area contributed by atoms with Gasteiger partial charge in [-0.1, -0.05) is 12.1 Å². The third-order valence-electron chi connectivity index (χ3n) is 5.05. The number of nitriles is 1. The number of rotatable bonds is 5. The van der Waals surface area contributed by atoms with Crippen LogP contribution in [-0.4, -0.2) is 36.5 Å². The molecule has 1 saturated carbocycles. The predicted molar refractivity (Wildman–Crippen MR) is 91.4 cm³/mol. The Kier molecular flexibility index (Phi) is 4.51. The second-order valence-electron chi connectivity index (χ2n) is 7.30. The van der Waals surface area contributed by atoms with Crippen LogP contribution in [0.4, 0.5) is 0 Å². The summed E-state index contributed by atoms with van der Waals surface area (Å²) >= 11 is 0. The van der Waals surface area contributed by atoms with Crippen LogP contribution in [0.1, 0.15) is 44.7 Å². The van der Waals surface area contributed by atoms with Crippen molar-refractivity contribution in [3.8, 4) is 11.8 Å². The van der Waals surface area contributed by atoms with Crippen molar-refractivity contribution in [3.63, 3.8) is 0 Å². The molecule has 1 aliphatic carbocycles. The molecule has 2 fully saturated rings. The first-order valence-electron chi connectivity index (χ1n) is 8.58. The van der Waals surface area contributed by atoms with Gasteiger partial charge in [-0.2, -0.15) is 5.26 Å². The van der Waals surface area contributed by atoms with E-state index in [1.165, 1.54) is 18.4 Å². The van der Waals surface area contributed by atoms with E-state index < -0.39 is 5.41 Å². The summed E-state index contributed by atoms with van der Waals surface area (Å²) < 4.78 is 5.36. The van der Waals surface area contributed by atoms with E-state index in [1.54, 1.807) is 21.0 Å². The summed E-state index contributed by atoms with van der Waals surface area (Å²) in [6.45, 7) is 4.30. The molecule has 24 heavy (non-hydrogen) atoms. The lowest BCUT2D eigenvalue weighted by atomic mass is 9.92. The Hall–Kier alpha value is -2.06. The molecule has 5 nitrogen and oxygen atoms in total. The number of methoxy groups -OCH3 is 1. The minimum atomic E-state index is -1.01. The van der Waals surface area contributed by atoms with Crippen LogP contribution in [0.25, 0.3) is 0 Å². The summed E-state index contributed by atoms with van der Waals surface area (Å²) in [5.74, 6) is 0.637. The maximum atomic E-state index is 12.5. The summed E-state index contributed by atoms with van der Waals surface area (Å²) in [6, 6.07) is 11.0. The molecular weight excluding hydrogens is 302 g/mol. The van der Waals surface area contributed by atoms with E-state index in [9.17, 15) is 10.1 Å². The molecule has 1 N–H and O–H groups in total. The average molecular weight is 327 g/mol. The number of carbonyl (C=O) groups is 1. The number of hydrogen-bond donors (Lipinski definition) is 1. The molecule has 1 aliphatic heterocycles. The Bertz CT molecular complexity index is 661. The summed E-state index contributed by atoms with van der Waals surface area (Å²) in [6.07, 6.45) is 3.36. The highest BCUT2D eigenvalue weighted by Gasteiger charge is 2.44. The van der Waals surface area contributed by atoms with Gasteiger partial charge in [0, 0.05) is 18.6 Å². The molecule has 0 radical (unpaired) electrons. The monoisotopic (exact) mass is 327 g/mol. The average Bonchev–Trinajstić information content (AvgIpc) is 3.35. The largest absolute Gasteiger partial charge is 0.497 e. The molecule has 2 aliphatic rings. The first-order valence-corrected chi connectivity index (χ1v) is 8.58. The third-order valence-corrected chi connectivity index (χ3v) is 5.05. The molecule has 1 aromatic rings. The van der Waals surface area contributed by atoms with E-state index >= 15 is 0 Å². The fourth-order valence-corrected chi connectivity index (χ4v) is 3.43. The summed E-state index contributed by atoms with van der Waals surface area (Å²) in [5.41, 5.74) is 0.158. The zero-order chi connectivity index (χ0) is 17.3. The van der Waals surface area contributed by atoms with Crippen LogP contribution < -0.4 is 10.1 Å². The zero-order valence-electron chi connectivity index (χ0n) is 14.6. The quantitative estimate of drug-likeness (QED) is 0.903. The number of benzene rings is 1. The maximum absolute atomic E-state index is 12.5. The highest BCUT2D eigenvalue weighted by atomic mass is 16.5. The van der Waals surface area contributed by atoms with Crippen LogP contribution in [0.5, 0.6) is 5.75 Å². The van der Waals surface area contributed by atoms with Crippen LogP contribution >= 0.6 is 0 Å². The van der Waals surface area contributed by atoms with E-state index in [4.69, 9.17) is 4.74 Å². The first kappa shape index (κ1) is 16.8. The van der Waals surface area contributed by atoms with Crippen molar-refractivity contribution in [1.82, 2.24) is 10.2 Å². The van der Waals surface area contributed by atoms with E-state index in [-0.39, 0.29) is 18.0 Å². The topological polar surface area (TPSA) is 65.4 Å². The first-order chi connectivity index (χ1) is 11.5. The van der Waals surface area contributed by atoms with Gasteiger partial charge in [-0.3, -0.25) is 9.69 Å². The van der Waals surface area contributed by atoms with Gasteiger partial charge in [0.2, 0.25) is 5.91 Å². The number of hydrogen-bond acceptors (Lipinski definition) is 4. The number of nitrogens with one attached hydrogen (secondary N) is 1. The standard InChI is InChI=1S/C19H25N3O2/c1-19(2,12-20)18(23)21-16-9-10-22(14-7-8-14)17(16)13-5-4-6-15(11-13)24-3/h4-6,11,14,16-17H,7-10H2,1-3H3,(H,21,23)/t16-,17-/m0/s1. The molecule has 1 saturated heterocycles. The molecule has 0 unspecified atom stereocenters. The van der Waals surface area contributed by atoms with Crippen molar-refractivity contribution in [2.75, 3.05) is 13.7 Å². The molecule has 1 heterocycles. The highest BCUT2D eigenvalue weighted by Crippen LogP contribution is 2.41. The van der Waals surface area contributed by atoms with Crippen LogP contribution in [0.15, 0.2) is 24.3 Å². The van der Waals surface area contributed by atoms with Crippen LogP contribution in [0, 0.1) is 16.7 Å². The van der Waals surface area contributed by atoms with Crippen molar-refractivity contribution in [2.24, 2.45) is 5.41 Å². The van der Waals surface area contributed by atoms with E-state index in [1.807, 2.05) is 12.1 Å². The minimum Gasteiger partial charge on any atom is -0.497 e. The van der Waals surface area contributed by atoms with Crippen molar-refractivity contribution in [2.45, 2.75) is 51.2 Å². The fourth-order valence-electron chi connectivity index (χ4n) is 3.43. The van der Waals surface area contributed by atoms with E-state index in [0.29, 0.717) is 6.04 Å². The zero-order valence-corrected chi connectivity index (χ0v) is 14.6. The lowest BCUT2D eigenvalue weighted by Crippen LogP contribution is -2.45. The van der Waals surface area contributed by atoms with Crippen LogP contribution in [-0.2, 0) is 4.79 Å². The molecule has 2 atom stereocenters. The number of carbonyl (C=O) groups excluding carboxylic acids is 1. The smallest absolute Gasteiger partial charge is 0.240 e. The highest BCUT2D eigenvalue weighted by molar-refractivity contribution is 5.84. The maximum Gasteiger partial charge on any atom is 0.240 e. The Balaban J connectivity index is 1.85. The number of ether oxygens (including phenoxy) is 1. The Morgan fingerprint density at radius 2 is 2.12 bits per heavy atom. The van der Waals surface area contributed by atoms with Gasteiger partial charge in [0.25, 0.3) is 0 Å². The molecule has 0 bridgehead atoms. The van der Waals surface area contributed by atoms with Crippen molar-refractivity contribution in [3.05, 3.63) is 29.8 Å². The van der Waals surface area contributed by atoms with Gasteiger partial charge in [0.1, 0.15) is 11.2 Å². The Labute approximate surface area is 143 Å². The van der Waals surface area contributed by atoms with Gasteiger partial charge in [-0.05, 0) is 50.8 Å². The molecular formula is C19H25N3O2. The molecule has 3 rings (SSSR count). The van der Waals surface area contributed by atoms with Crippen molar-refractivity contribution in [1.29, 1.82) is 5.26 Å². The van der Waals surface area contributed by atoms with Crippen LogP contribution in [0.2, 0.25) is 0 Å². The molecule has 5 heteroatoms. The molecule has 0 spiro atoms. The summed E-state index contributed by atoms with van der Waals surface area (Å²) in [4.78, 5) is 15.0. The Morgan fingerprint density at radius 1 is 1.38 bits per heavy atom. The van der Waals surface area contributed by atoms with Crippen molar-refractivity contribution >= 4 is 5.91 Å². The number of amides is 1. The lowest BCUT2D eigenvalue weighted by Gasteiger charge is -2.30. The lowest BCUT2D eigenvalue weighted by molar-refractivity contribution is -0.127. The normalized spacial score (nSPS) is 24.4. The van der Waals surface area contributed by atoms with Gasteiger partial charge < -0.3 is 10.1 Å². The number of nitrogens with zero attached hydrogens (tertiary/aromatic N) is 2. The van der Waals surface area contributed by atoms with Gasteiger partial charge in [0.15, 0.2) is 0 Å². The van der Waals surface area contributed by atoms with Gasteiger partial charge in [-0.15, -0.1) is 0 Å². The van der Waals surface area contributed by atoms with Gasteiger partial charge in [-0.25, -0.2) is 0 Å². The Morgan fingerprint density at radius 3 is 2.75 bits per heavy atom. The molecule has 1 aromatic carbocycles. The number of likely N-dealkylation sites (tertiary alicyclic amines) is 1. The predicted octanol–water partition coefficient (Wildman–Crippen LogP) is 2.64.